The summed E-state index contributed by atoms with van der Waals surface area (Å²) in [5, 5.41) is 11.6. The van der Waals surface area contributed by atoms with Crippen molar-refractivity contribution in [2.45, 2.75) is 25.4 Å². The third kappa shape index (κ3) is 3.24. The molecule has 1 N–H and O–H groups in total. The first-order chi connectivity index (χ1) is 11.9. The SMILES string of the molecule is CCCN1C(=O)[C@@](O)(CC(=O)c2ccc(Br)cc2)c2cc(Cl)ccc21. The highest BCUT2D eigenvalue weighted by molar-refractivity contribution is 9.10. The van der Waals surface area contributed by atoms with Crippen molar-refractivity contribution in [1.82, 2.24) is 0 Å². The quantitative estimate of drug-likeness (QED) is 0.730. The Bertz CT molecular complexity index is 837. The van der Waals surface area contributed by atoms with Gasteiger partial charge in [0.15, 0.2) is 11.4 Å². The Morgan fingerprint density at radius 2 is 1.92 bits per heavy atom. The normalized spacial score (nSPS) is 19.2. The fraction of sp³-hybridized carbons (Fsp3) is 0.263. The largest absolute Gasteiger partial charge is 0.375 e. The lowest BCUT2D eigenvalue weighted by atomic mass is 9.88. The Balaban J connectivity index is 1.99. The summed E-state index contributed by atoms with van der Waals surface area (Å²) in [4.78, 5) is 27.1. The van der Waals surface area contributed by atoms with Crippen molar-refractivity contribution in [1.29, 1.82) is 0 Å². The van der Waals surface area contributed by atoms with E-state index in [1.54, 1.807) is 42.5 Å². The average molecular weight is 423 g/mol. The molecule has 3 rings (SSSR count). The molecule has 0 bridgehead atoms. The fourth-order valence-electron chi connectivity index (χ4n) is 3.11. The third-order valence-corrected chi connectivity index (χ3v) is 5.09. The van der Waals surface area contributed by atoms with Crippen LogP contribution < -0.4 is 4.90 Å². The van der Waals surface area contributed by atoms with E-state index < -0.39 is 11.5 Å². The fourth-order valence-corrected chi connectivity index (χ4v) is 3.55. The number of fused-ring (bicyclic) bond motifs is 1. The molecule has 25 heavy (non-hydrogen) atoms. The molecule has 1 atom stereocenters. The van der Waals surface area contributed by atoms with E-state index in [9.17, 15) is 14.7 Å². The van der Waals surface area contributed by atoms with Crippen LogP contribution in [0.5, 0.6) is 0 Å². The lowest BCUT2D eigenvalue weighted by Gasteiger charge is -2.22. The Hall–Kier alpha value is -1.69. The molecule has 0 spiro atoms. The van der Waals surface area contributed by atoms with Crippen LogP contribution in [0.15, 0.2) is 46.9 Å². The molecule has 4 nitrogen and oxygen atoms in total. The maximum Gasteiger partial charge on any atom is 0.264 e. The van der Waals surface area contributed by atoms with Crippen molar-refractivity contribution in [3.05, 3.63) is 63.1 Å². The number of carbonyl (C=O) groups is 2. The summed E-state index contributed by atoms with van der Waals surface area (Å²) in [6, 6.07) is 11.8. The van der Waals surface area contributed by atoms with Gasteiger partial charge in [-0.15, -0.1) is 0 Å². The minimum atomic E-state index is -1.89. The maximum atomic E-state index is 12.9. The third-order valence-electron chi connectivity index (χ3n) is 4.32. The minimum Gasteiger partial charge on any atom is -0.375 e. The molecule has 6 heteroatoms. The molecule has 2 aromatic rings. The number of anilines is 1. The lowest BCUT2D eigenvalue weighted by molar-refractivity contribution is -0.135. The van der Waals surface area contributed by atoms with Crippen LogP contribution in [-0.2, 0) is 10.4 Å². The van der Waals surface area contributed by atoms with Gasteiger partial charge >= 0.3 is 0 Å². The topological polar surface area (TPSA) is 57.6 Å². The molecule has 0 aliphatic carbocycles. The molecule has 0 saturated carbocycles. The van der Waals surface area contributed by atoms with Crippen LogP contribution in [0, 0.1) is 0 Å². The summed E-state index contributed by atoms with van der Waals surface area (Å²) >= 11 is 9.38. The second-order valence-corrected chi connectivity index (χ2v) is 7.44. The van der Waals surface area contributed by atoms with E-state index in [-0.39, 0.29) is 12.2 Å². The molecule has 130 valence electrons. The number of nitrogens with zero attached hydrogens (tertiary/aromatic N) is 1. The predicted molar refractivity (Wildman–Crippen MR) is 101 cm³/mol. The van der Waals surface area contributed by atoms with Crippen molar-refractivity contribution < 1.29 is 14.7 Å². The minimum absolute atomic E-state index is 0.298. The Labute approximate surface area is 159 Å². The summed E-state index contributed by atoms with van der Waals surface area (Å²) in [5.74, 6) is -0.773. The number of Topliss-reactive ketones (excluding diaryl/α,β-unsaturated/α-hetero) is 1. The van der Waals surface area contributed by atoms with Gasteiger partial charge < -0.3 is 10.0 Å². The predicted octanol–water partition coefficient (Wildman–Crippen LogP) is 4.32. The lowest BCUT2D eigenvalue weighted by Crippen LogP contribution is -2.42. The van der Waals surface area contributed by atoms with Gasteiger partial charge in [-0.05, 0) is 36.8 Å². The van der Waals surface area contributed by atoms with E-state index in [1.165, 1.54) is 4.90 Å². The molecule has 2 aromatic carbocycles. The van der Waals surface area contributed by atoms with Gasteiger partial charge in [-0.2, -0.15) is 0 Å². The van der Waals surface area contributed by atoms with E-state index in [0.717, 1.165) is 10.9 Å². The van der Waals surface area contributed by atoms with Gasteiger partial charge in [-0.3, -0.25) is 9.59 Å². The van der Waals surface area contributed by atoms with Crippen molar-refractivity contribution in [2.24, 2.45) is 0 Å². The van der Waals surface area contributed by atoms with Gasteiger partial charge in [0.05, 0.1) is 12.1 Å². The first-order valence-electron chi connectivity index (χ1n) is 8.00. The van der Waals surface area contributed by atoms with Crippen LogP contribution in [0.4, 0.5) is 5.69 Å². The number of rotatable bonds is 5. The first-order valence-corrected chi connectivity index (χ1v) is 9.17. The number of halogens is 2. The number of ketones is 1. The molecule has 1 aliphatic heterocycles. The number of amides is 1. The summed E-state index contributed by atoms with van der Waals surface area (Å²) in [7, 11) is 0. The monoisotopic (exact) mass is 421 g/mol. The number of benzene rings is 2. The first kappa shape index (κ1) is 18.1. The van der Waals surface area contributed by atoms with E-state index in [0.29, 0.717) is 28.4 Å². The van der Waals surface area contributed by atoms with Gasteiger partial charge in [0.2, 0.25) is 0 Å². The molecule has 0 aromatic heterocycles. The molecule has 1 heterocycles. The second kappa shape index (κ2) is 6.90. The van der Waals surface area contributed by atoms with Gasteiger partial charge in [-0.25, -0.2) is 0 Å². The molecule has 0 unspecified atom stereocenters. The zero-order chi connectivity index (χ0) is 18.2. The zero-order valence-electron chi connectivity index (χ0n) is 13.6. The highest BCUT2D eigenvalue weighted by Crippen LogP contribution is 2.44. The van der Waals surface area contributed by atoms with Crippen LogP contribution in [0.25, 0.3) is 0 Å². The standard InChI is InChI=1S/C19H17BrClNO3/c1-2-9-22-16-8-7-14(21)10-15(16)19(25,18(22)24)11-17(23)12-3-5-13(20)6-4-12/h3-8,10,25H,2,9,11H2,1H3/t19-/m1/s1. The van der Waals surface area contributed by atoms with Crippen LogP contribution >= 0.6 is 27.5 Å². The molecule has 1 aliphatic rings. The van der Waals surface area contributed by atoms with E-state index >= 15 is 0 Å². The Morgan fingerprint density at radius 1 is 1.24 bits per heavy atom. The molecule has 1 amide bonds. The smallest absolute Gasteiger partial charge is 0.264 e. The summed E-state index contributed by atoms with van der Waals surface area (Å²) in [6.07, 6.45) is 0.422. The number of hydrogen-bond donors (Lipinski definition) is 1. The van der Waals surface area contributed by atoms with Crippen LogP contribution in [-0.4, -0.2) is 23.3 Å². The average Bonchev–Trinajstić information content (AvgIpc) is 2.77. The second-order valence-electron chi connectivity index (χ2n) is 6.09. The van der Waals surface area contributed by atoms with Gasteiger partial charge in [0, 0.05) is 27.2 Å². The summed E-state index contributed by atoms with van der Waals surface area (Å²) in [5.41, 5.74) is -0.437. The van der Waals surface area contributed by atoms with Crippen molar-refractivity contribution in [3.8, 4) is 0 Å². The summed E-state index contributed by atoms with van der Waals surface area (Å²) < 4.78 is 0.853. The Morgan fingerprint density at radius 3 is 2.56 bits per heavy atom. The van der Waals surface area contributed by atoms with Gasteiger partial charge in [-0.1, -0.05) is 46.6 Å². The molecule has 0 fully saturated rings. The van der Waals surface area contributed by atoms with E-state index in [2.05, 4.69) is 15.9 Å². The zero-order valence-corrected chi connectivity index (χ0v) is 16.0. The van der Waals surface area contributed by atoms with Crippen molar-refractivity contribution >= 4 is 44.9 Å². The van der Waals surface area contributed by atoms with Crippen molar-refractivity contribution in [2.75, 3.05) is 11.4 Å². The number of carbonyl (C=O) groups excluding carboxylic acids is 2. The molecule has 0 saturated heterocycles. The number of aliphatic hydroxyl groups is 1. The highest BCUT2D eigenvalue weighted by Gasteiger charge is 2.50. The van der Waals surface area contributed by atoms with E-state index in [1.807, 2.05) is 6.92 Å². The van der Waals surface area contributed by atoms with E-state index in [4.69, 9.17) is 11.6 Å². The Kier molecular flexibility index (Phi) is 5.00. The van der Waals surface area contributed by atoms with Crippen LogP contribution in [0.1, 0.15) is 35.7 Å². The maximum absolute atomic E-state index is 12.9. The molecule has 0 radical (unpaired) electrons. The highest BCUT2D eigenvalue weighted by atomic mass is 79.9. The van der Waals surface area contributed by atoms with Gasteiger partial charge in [0.25, 0.3) is 5.91 Å². The number of hydrogen-bond acceptors (Lipinski definition) is 3. The van der Waals surface area contributed by atoms with Crippen molar-refractivity contribution in [3.63, 3.8) is 0 Å². The summed E-state index contributed by atoms with van der Waals surface area (Å²) in [6.45, 7) is 2.43. The molecular weight excluding hydrogens is 406 g/mol. The van der Waals surface area contributed by atoms with Crippen LogP contribution in [0.2, 0.25) is 5.02 Å². The van der Waals surface area contributed by atoms with Gasteiger partial charge in [0.1, 0.15) is 0 Å². The molecular formula is C19H17BrClNO3. The van der Waals surface area contributed by atoms with Crippen LogP contribution in [0.3, 0.4) is 0 Å².